The van der Waals surface area contributed by atoms with Crippen LogP contribution >= 0.6 is 11.8 Å². The molecule has 2 atom stereocenters. The number of aryl methyl sites for hydroxylation is 1. The van der Waals surface area contributed by atoms with Gasteiger partial charge in [-0.25, -0.2) is 0 Å². The minimum Gasteiger partial charge on any atom is -0.304 e. The normalized spacial score (nSPS) is 27.9. The lowest BCUT2D eigenvalue weighted by Crippen LogP contribution is -2.27. The van der Waals surface area contributed by atoms with E-state index in [4.69, 9.17) is 4.99 Å². The van der Waals surface area contributed by atoms with Gasteiger partial charge in [0.15, 0.2) is 5.17 Å². The number of fused-ring (bicyclic) bond motifs is 1. The van der Waals surface area contributed by atoms with Gasteiger partial charge in [0.25, 0.3) is 0 Å². The third kappa shape index (κ3) is 2.41. The molecular weight excluding hydrogens is 256 g/mol. The van der Waals surface area contributed by atoms with Crippen molar-refractivity contribution >= 4 is 22.8 Å². The maximum Gasteiger partial charge on any atom is 0.239 e. The van der Waals surface area contributed by atoms with Crippen LogP contribution in [-0.2, 0) is 11.2 Å². The predicted octanol–water partition coefficient (Wildman–Crippen LogP) is 2.92. The van der Waals surface area contributed by atoms with E-state index in [1.54, 1.807) is 11.8 Å². The molecule has 0 aromatic heterocycles. The van der Waals surface area contributed by atoms with Crippen LogP contribution in [-0.4, -0.2) is 16.3 Å². The number of benzene rings is 1. The lowest BCUT2D eigenvalue weighted by molar-refractivity contribution is -0.119. The summed E-state index contributed by atoms with van der Waals surface area (Å²) in [5, 5.41) is 3.72. The van der Waals surface area contributed by atoms with Gasteiger partial charge in [-0.15, -0.1) is 0 Å². The highest BCUT2D eigenvalue weighted by atomic mass is 32.2. The summed E-state index contributed by atoms with van der Waals surface area (Å²) in [7, 11) is 0. The molecule has 3 rings (SSSR count). The Balaban J connectivity index is 1.80. The minimum absolute atomic E-state index is 0.00963. The van der Waals surface area contributed by atoms with Gasteiger partial charge < -0.3 is 5.32 Å². The van der Waals surface area contributed by atoms with Crippen molar-refractivity contribution < 1.29 is 4.79 Å². The molecule has 1 fully saturated rings. The third-order valence-electron chi connectivity index (χ3n) is 3.71. The average molecular weight is 274 g/mol. The smallest absolute Gasteiger partial charge is 0.239 e. The molecule has 2 aliphatic rings. The molecule has 4 heteroatoms. The highest BCUT2D eigenvalue weighted by molar-refractivity contribution is 8.15. The van der Waals surface area contributed by atoms with E-state index in [-0.39, 0.29) is 17.2 Å². The summed E-state index contributed by atoms with van der Waals surface area (Å²) < 4.78 is 0. The van der Waals surface area contributed by atoms with Gasteiger partial charge in [-0.1, -0.05) is 49.9 Å². The SMILES string of the molecule is CC(C)[C@@H]1SC(=N[C@H]2CCc3ccccc32)NC1=O. The summed E-state index contributed by atoms with van der Waals surface area (Å²) in [5.74, 6) is 0.443. The summed E-state index contributed by atoms with van der Waals surface area (Å²) in [6.45, 7) is 4.15. The molecule has 100 valence electrons. The van der Waals surface area contributed by atoms with E-state index in [1.165, 1.54) is 11.1 Å². The molecule has 1 heterocycles. The van der Waals surface area contributed by atoms with Crippen molar-refractivity contribution in [2.75, 3.05) is 0 Å². The Morgan fingerprint density at radius 1 is 1.37 bits per heavy atom. The van der Waals surface area contributed by atoms with Crippen molar-refractivity contribution in [1.29, 1.82) is 0 Å². The number of aliphatic imine (C=N–C) groups is 1. The van der Waals surface area contributed by atoms with Crippen molar-refractivity contribution in [1.82, 2.24) is 5.32 Å². The molecule has 0 radical (unpaired) electrons. The maximum atomic E-state index is 11.8. The zero-order valence-electron chi connectivity index (χ0n) is 11.2. The molecule has 0 unspecified atom stereocenters. The molecular formula is C15H18N2OS. The second kappa shape index (κ2) is 5.00. The first-order valence-corrected chi connectivity index (χ1v) is 7.66. The van der Waals surface area contributed by atoms with Crippen molar-refractivity contribution in [2.45, 2.75) is 38.0 Å². The van der Waals surface area contributed by atoms with Crippen LogP contribution in [0.4, 0.5) is 0 Å². The topological polar surface area (TPSA) is 41.5 Å². The number of amidine groups is 1. The van der Waals surface area contributed by atoms with Crippen molar-refractivity contribution in [3.63, 3.8) is 0 Å². The molecule has 1 aliphatic carbocycles. The molecule has 0 spiro atoms. The van der Waals surface area contributed by atoms with Crippen LogP contribution < -0.4 is 5.32 Å². The largest absolute Gasteiger partial charge is 0.304 e. The number of carbonyl (C=O) groups is 1. The molecule has 0 bridgehead atoms. The number of amides is 1. The van der Waals surface area contributed by atoms with Crippen molar-refractivity contribution in [3.8, 4) is 0 Å². The van der Waals surface area contributed by atoms with Gasteiger partial charge in [-0.05, 0) is 29.9 Å². The predicted molar refractivity (Wildman–Crippen MR) is 79.3 cm³/mol. The van der Waals surface area contributed by atoms with Gasteiger partial charge in [-0.2, -0.15) is 0 Å². The van der Waals surface area contributed by atoms with Crippen molar-refractivity contribution in [3.05, 3.63) is 35.4 Å². The van der Waals surface area contributed by atoms with Crippen LogP contribution in [0.3, 0.4) is 0 Å². The Labute approximate surface area is 117 Å². The van der Waals surface area contributed by atoms with E-state index < -0.39 is 0 Å². The first kappa shape index (κ1) is 12.7. The minimum atomic E-state index is 0.00963. The van der Waals surface area contributed by atoms with Crippen LogP contribution in [0.1, 0.15) is 37.4 Å². The number of hydrogen-bond acceptors (Lipinski definition) is 3. The van der Waals surface area contributed by atoms with Gasteiger partial charge in [0.2, 0.25) is 5.91 Å². The van der Waals surface area contributed by atoms with E-state index in [9.17, 15) is 4.79 Å². The second-order valence-electron chi connectivity index (χ2n) is 5.46. The van der Waals surface area contributed by atoms with E-state index in [0.29, 0.717) is 5.92 Å². The first-order valence-electron chi connectivity index (χ1n) is 6.78. The Bertz CT molecular complexity index is 539. The Hall–Kier alpha value is -1.29. The van der Waals surface area contributed by atoms with Crippen LogP contribution in [0.25, 0.3) is 0 Å². The fourth-order valence-corrected chi connectivity index (χ4v) is 3.72. The quantitative estimate of drug-likeness (QED) is 0.901. The summed E-state index contributed by atoms with van der Waals surface area (Å²) in [6, 6.07) is 8.68. The highest BCUT2D eigenvalue weighted by Crippen LogP contribution is 2.36. The second-order valence-corrected chi connectivity index (χ2v) is 6.59. The Morgan fingerprint density at radius 3 is 2.89 bits per heavy atom. The summed E-state index contributed by atoms with van der Waals surface area (Å²) in [6.07, 6.45) is 2.13. The van der Waals surface area contributed by atoms with E-state index >= 15 is 0 Å². The number of carbonyl (C=O) groups excluding carboxylic acids is 1. The van der Waals surface area contributed by atoms with Gasteiger partial charge in [-0.3, -0.25) is 9.79 Å². The summed E-state index contributed by atoms with van der Waals surface area (Å²) >= 11 is 1.58. The molecule has 1 amide bonds. The molecule has 1 aromatic carbocycles. The molecule has 3 nitrogen and oxygen atoms in total. The number of hydrogen-bond donors (Lipinski definition) is 1. The Kier molecular flexibility index (Phi) is 3.35. The van der Waals surface area contributed by atoms with Gasteiger partial charge in [0.05, 0.1) is 11.3 Å². The fourth-order valence-electron chi connectivity index (χ4n) is 2.69. The highest BCUT2D eigenvalue weighted by Gasteiger charge is 2.33. The maximum absolute atomic E-state index is 11.8. The van der Waals surface area contributed by atoms with Gasteiger partial charge in [0, 0.05) is 0 Å². The van der Waals surface area contributed by atoms with Crippen LogP contribution in [0.5, 0.6) is 0 Å². The molecule has 1 N–H and O–H groups in total. The molecule has 1 aliphatic heterocycles. The average Bonchev–Trinajstić information content (AvgIpc) is 2.95. The lowest BCUT2D eigenvalue weighted by Gasteiger charge is -2.08. The van der Waals surface area contributed by atoms with E-state index in [0.717, 1.165) is 18.0 Å². The summed E-state index contributed by atoms with van der Waals surface area (Å²) in [5.41, 5.74) is 2.71. The number of nitrogens with zero attached hydrogens (tertiary/aromatic N) is 1. The standard InChI is InChI=1S/C15H18N2OS/c1-9(2)13-14(18)17-15(19-13)16-12-8-7-10-5-3-4-6-11(10)12/h3-6,9,12-13H,7-8H2,1-2H3,(H,16,17,18)/t12-,13-/m0/s1. The molecule has 1 saturated heterocycles. The monoisotopic (exact) mass is 274 g/mol. The molecule has 1 aromatic rings. The van der Waals surface area contributed by atoms with Crippen LogP contribution in [0, 0.1) is 5.92 Å². The third-order valence-corrected chi connectivity index (χ3v) is 5.15. The van der Waals surface area contributed by atoms with Crippen molar-refractivity contribution in [2.24, 2.45) is 10.9 Å². The van der Waals surface area contributed by atoms with Gasteiger partial charge >= 0.3 is 0 Å². The summed E-state index contributed by atoms with van der Waals surface area (Å²) in [4.78, 5) is 16.6. The number of rotatable bonds is 2. The first-order chi connectivity index (χ1) is 9.15. The molecule has 19 heavy (non-hydrogen) atoms. The van der Waals surface area contributed by atoms with E-state index in [2.05, 4.69) is 43.4 Å². The Morgan fingerprint density at radius 2 is 2.16 bits per heavy atom. The zero-order valence-corrected chi connectivity index (χ0v) is 12.0. The van der Waals surface area contributed by atoms with Crippen LogP contribution in [0.15, 0.2) is 29.3 Å². The fraction of sp³-hybridized carbons (Fsp3) is 0.467. The van der Waals surface area contributed by atoms with Crippen LogP contribution in [0.2, 0.25) is 0 Å². The lowest BCUT2D eigenvalue weighted by atomic mass is 10.1. The number of nitrogens with one attached hydrogen (secondary N) is 1. The van der Waals surface area contributed by atoms with E-state index in [1.807, 2.05) is 0 Å². The zero-order chi connectivity index (χ0) is 13.4. The number of thioether (sulfide) groups is 1. The molecule has 0 saturated carbocycles. The van der Waals surface area contributed by atoms with Gasteiger partial charge in [0.1, 0.15) is 0 Å².